The predicted molar refractivity (Wildman–Crippen MR) is 127 cm³/mol. The Morgan fingerprint density at radius 3 is 2.20 bits per heavy atom. The Kier molecular flexibility index (Phi) is 6.14. The minimum Gasteiger partial charge on any atom is -0.355 e. The second kappa shape index (κ2) is 8.99. The highest BCUT2D eigenvalue weighted by atomic mass is 19.4. The van der Waals surface area contributed by atoms with Crippen molar-refractivity contribution < 1.29 is 22.8 Å². The SMILES string of the molecule is O=C1CC2(CCN(C(=O)C3(c4ccccc4)CCCC3)CC2)[C@H](c2ccccc2C(F)(F)F)CN1. The molecule has 0 bridgehead atoms. The molecule has 186 valence electrons. The van der Waals surface area contributed by atoms with Gasteiger partial charge in [0, 0.05) is 32.0 Å². The summed E-state index contributed by atoms with van der Waals surface area (Å²) >= 11 is 0. The monoisotopic (exact) mass is 484 g/mol. The van der Waals surface area contributed by atoms with E-state index >= 15 is 0 Å². The zero-order valence-electron chi connectivity index (χ0n) is 19.7. The predicted octanol–water partition coefficient (Wildman–Crippen LogP) is 5.43. The van der Waals surface area contributed by atoms with E-state index in [1.807, 2.05) is 35.2 Å². The lowest BCUT2D eigenvalue weighted by molar-refractivity contribution is -0.141. The second-order valence-electron chi connectivity index (χ2n) is 10.4. The highest BCUT2D eigenvalue weighted by Crippen LogP contribution is 2.52. The molecule has 2 heterocycles. The van der Waals surface area contributed by atoms with Gasteiger partial charge >= 0.3 is 6.18 Å². The highest BCUT2D eigenvalue weighted by Gasteiger charge is 2.51. The summed E-state index contributed by atoms with van der Waals surface area (Å²) in [5, 5.41) is 2.80. The van der Waals surface area contributed by atoms with Gasteiger partial charge in [0.25, 0.3) is 0 Å². The second-order valence-corrected chi connectivity index (χ2v) is 10.4. The summed E-state index contributed by atoms with van der Waals surface area (Å²) in [5.74, 6) is -0.435. The van der Waals surface area contributed by atoms with Crippen LogP contribution in [0.1, 0.15) is 67.6 Å². The fourth-order valence-corrected chi connectivity index (χ4v) is 6.78. The Morgan fingerprint density at radius 2 is 1.54 bits per heavy atom. The fraction of sp³-hybridized carbons (Fsp3) is 0.500. The van der Waals surface area contributed by atoms with Crippen LogP contribution in [-0.2, 0) is 21.2 Å². The molecule has 2 aliphatic heterocycles. The molecule has 4 nitrogen and oxygen atoms in total. The summed E-state index contributed by atoms with van der Waals surface area (Å²) in [6.45, 7) is 1.12. The molecule has 2 amide bonds. The zero-order valence-corrected chi connectivity index (χ0v) is 19.7. The third-order valence-electron chi connectivity index (χ3n) is 8.64. The van der Waals surface area contributed by atoms with E-state index in [0.29, 0.717) is 25.9 Å². The van der Waals surface area contributed by atoms with E-state index in [1.54, 1.807) is 12.1 Å². The van der Waals surface area contributed by atoms with Gasteiger partial charge in [-0.3, -0.25) is 9.59 Å². The number of hydrogen-bond acceptors (Lipinski definition) is 2. The van der Waals surface area contributed by atoms with Gasteiger partial charge in [0.1, 0.15) is 0 Å². The maximum atomic E-state index is 13.9. The number of halogens is 3. The fourth-order valence-electron chi connectivity index (χ4n) is 6.78. The van der Waals surface area contributed by atoms with Crippen LogP contribution in [0.4, 0.5) is 13.2 Å². The van der Waals surface area contributed by atoms with E-state index in [2.05, 4.69) is 5.32 Å². The van der Waals surface area contributed by atoms with Gasteiger partial charge in [0.2, 0.25) is 11.8 Å². The van der Waals surface area contributed by atoms with Crippen LogP contribution in [0.2, 0.25) is 0 Å². The molecule has 35 heavy (non-hydrogen) atoms. The quantitative estimate of drug-likeness (QED) is 0.632. The van der Waals surface area contributed by atoms with Crippen molar-refractivity contribution in [1.29, 1.82) is 0 Å². The maximum absolute atomic E-state index is 13.9. The Balaban J connectivity index is 1.41. The van der Waals surface area contributed by atoms with Crippen LogP contribution in [-0.4, -0.2) is 36.3 Å². The number of likely N-dealkylation sites (tertiary alicyclic amines) is 1. The Morgan fingerprint density at radius 1 is 0.914 bits per heavy atom. The average molecular weight is 485 g/mol. The Hall–Kier alpha value is -2.83. The van der Waals surface area contributed by atoms with Crippen molar-refractivity contribution in [2.24, 2.45) is 5.41 Å². The van der Waals surface area contributed by atoms with Crippen LogP contribution in [0.15, 0.2) is 54.6 Å². The van der Waals surface area contributed by atoms with Gasteiger partial charge < -0.3 is 10.2 Å². The molecule has 0 aromatic heterocycles. The highest BCUT2D eigenvalue weighted by molar-refractivity contribution is 5.89. The first-order valence-electron chi connectivity index (χ1n) is 12.5. The summed E-state index contributed by atoms with van der Waals surface area (Å²) < 4.78 is 41.5. The molecule has 1 saturated carbocycles. The smallest absolute Gasteiger partial charge is 0.355 e. The van der Waals surface area contributed by atoms with Crippen molar-refractivity contribution in [2.75, 3.05) is 19.6 Å². The number of alkyl halides is 3. The van der Waals surface area contributed by atoms with Crippen molar-refractivity contribution in [3.8, 4) is 0 Å². The Bertz CT molecular complexity index is 1080. The van der Waals surface area contributed by atoms with Crippen LogP contribution >= 0.6 is 0 Å². The molecule has 3 fully saturated rings. The number of nitrogens with one attached hydrogen (secondary N) is 1. The molecule has 2 aromatic carbocycles. The number of rotatable bonds is 3. The molecule has 2 saturated heterocycles. The van der Waals surface area contributed by atoms with Gasteiger partial charge in [-0.15, -0.1) is 0 Å². The first-order valence-corrected chi connectivity index (χ1v) is 12.5. The summed E-state index contributed by atoms with van der Waals surface area (Å²) in [4.78, 5) is 28.2. The van der Waals surface area contributed by atoms with Crippen LogP contribution in [0, 0.1) is 5.41 Å². The Labute approximate surface area is 203 Å². The van der Waals surface area contributed by atoms with Gasteiger partial charge in [-0.05, 0) is 48.3 Å². The number of piperidine rings is 2. The molecule has 1 spiro atoms. The zero-order chi connectivity index (χ0) is 24.7. The lowest BCUT2D eigenvalue weighted by Crippen LogP contribution is -2.55. The lowest BCUT2D eigenvalue weighted by Gasteiger charge is -2.50. The maximum Gasteiger partial charge on any atom is 0.416 e. The normalized spacial score (nSPS) is 23.8. The molecule has 1 aliphatic carbocycles. The summed E-state index contributed by atoms with van der Waals surface area (Å²) in [5.41, 5.74) is -0.435. The van der Waals surface area contributed by atoms with E-state index < -0.39 is 28.5 Å². The molecule has 3 aliphatic rings. The van der Waals surface area contributed by atoms with Gasteiger partial charge in [-0.1, -0.05) is 61.4 Å². The van der Waals surface area contributed by atoms with Crippen molar-refractivity contribution in [2.45, 2.75) is 62.5 Å². The van der Waals surface area contributed by atoms with E-state index in [0.717, 1.165) is 37.3 Å². The molecule has 7 heteroatoms. The molecule has 1 atom stereocenters. The third kappa shape index (κ3) is 4.23. The molecule has 2 aromatic rings. The number of benzene rings is 2. The van der Waals surface area contributed by atoms with E-state index in [1.165, 1.54) is 6.07 Å². The summed E-state index contributed by atoms with van der Waals surface area (Å²) in [6, 6.07) is 15.7. The molecule has 0 unspecified atom stereocenters. The largest absolute Gasteiger partial charge is 0.416 e. The number of nitrogens with zero attached hydrogens (tertiary/aromatic N) is 1. The molecule has 5 rings (SSSR count). The molecule has 0 radical (unpaired) electrons. The third-order valence-corrected chi connectivity index (χ3v) is 8.64. The molecular formula is C28H31F3N2O2. The number of carbonyl (C=O) groups excluding carboxylic acids is 2. The average Bonchev–Trinajstić information content (AvgIpc) is 3.36. The van der Waals surface area contributed by atoms with E-state index in [-0.39, 0.29) is 30.3 Å². The van der Waals surface area contributed by atoms with Gasteiger partial charge in [0.05, 0.1) is 11.0 Å². The van der Waals surface area contributed by atoms with Gasteiger partial charge in [0.15, 0.2) is 0 Å². The number of carbonyl (C=O) groups is 2. The van der Waals surface area contributed by atoms with E-state index in [4.69, 9.17) is 0 Å². The standard InChI is InChI=1S/C28H31F3N2O2/c29-28(30,31)22-11-5-4-10-21(22)23-19-32-24(34)18-26(23)14-16-33(17-15-26)25(35)27(12-6-7-13-27)20-8-2-1-3-9-20/h1-5,8-11,23H,6-7,12-19H2,(H,32,34)/t23-/m0/s1. The lowest BCUT2D eigenvalue weighted by atomic mass is 9.61. The van der Waals surface area contributed by atoms with Crippen LogP contribution < -0.4 is 5.32 Å². The summed E-state index contributed by atoms with van der Waals surface area (Å²) in [6.07, 6.45) is 0.435. The number of amides is 2. The summed E-state index contributed by atoms with van der Waals surface area (Å²) in [7, 11) is 0. The van der Waals surface area contributed by atoms with Crippen molar-refractivity contribution in [1.82, 2.24) is 10.2 Å². The first kappa shape index (κ1) is 23.9. The van der Waals surface area contributed by atoms with Gasteiger partial charge in [-0.2, -0.15) is 13.2 Å². The van der Waals surface area contributed by atoms with Crippen LogP contribution in [0.3, 0.4) is 0 Å². The topological polar surface area (TPSA) is 49.4 Å². The minimum atomic E-state index is -4.46. The van der Waals surface area contributed by atoms with Gasteiger partial charge in [-0.25, -0.2) is 0 Å². The van der Waals surface area contributed by atoms with Crippen LogP contribution in [0.5, 0.6) is 0 Å². The molecule has 1 N–H and O–H groups in total. The number of hydrogen-bond donors (Lipinski definition) is 1. The molecular weight excluding hydrogens is 453 g/mol. The van der Waals surface area contributed by atoms with E-state index in [9.17, 15) is 22.8 Å². The van der Waals surface area contributed by atoms with Crippen molar-refractivity contribution >= 4 is 11.8 Å². The first-order chi connectivity index (χ1) is 16.8. The van der Waals surface area contributed by atoms with Crippen LogP contribution in [0.25, 0.3) is 0 Å². The van der Waals surface area contributed by atoms with Crippen molar-refractivity contribution in [3.63, 3.8) is 0 Å². The van der Waals surface area contributed by atoms with Crippen molar-refractivity contribution in [3.05, 3.63) is 71.3 Å². The minimum absolute atomic E-state index is 0.123.